The van der Waals surface area contributed by atoms with E-state index in [0.717, 1.165) is 19.3 Å². The molecule has 2 aromatic rings. The van der Waals surface area contributed by atoms with E-state index in [9.17, 15) is 4.39 Å². The molecule has 0 aliphatic heterocycles. The third kappa shape index (κ3) is 3.71. The molecule has 0 spiro atoms. The Morgan fingerprint density at radius 3 is 1.81 bits per heavy atom. The minimum Gasteiger partial charge on any atom is -0.250 e. The maximum absolute atomic E-state index is 13.4. The van der Waals surface area contributed by atoms with Crippen molar-refractivity contribution in [3.8, 4) is 11.1 Å². The summed E-state index contributed by atoms with van der Waals surface area (Å²) >= 11 is 0. The SMILES string of the molecule is CCCCCc1ccc(-c2ccc(C34CCC(CF)(CC3)CC4)cc2)cc1. The van der Waals surface area contributed by atoms with Gasteiger partial charge in [0.2, 0.25) is 0 Å². The van der Waals surface area contributed by atoms with Gasteiger partial charge in [0.25, 0.3) is 0 Å². The standard InChI is InChI=1S/C26H33F/c1-2-3-4-5-21-6-8-22(9-7-21)23-10-12-24(13-11-23)26-17-14-25(20-27,15-18-26)16-19-26/h6-13H,2-5,14-20H2,1H3. The van der Waals surface area contributed by atoms with Crippen LogP contribution in [0.2, 0.25) is 0 Å². The van der Waals surface area contributed by atoms with Gasteiger partial charge in [0.15, 0.2) is 0 Å². The fourth-order valence-corrected chi connectivity index (χ4v) is 5.36. The molecule has 0 saturated heterocycles. The highest BCUT2D eigenvalue weighted by atomic mass is 19.1. The first kappa shape index (κ1) is 18.7. The van der Waals surface area contributed by atoms with Gasteiger partial charge in [-0.25, -0.2) is 0 Å². The molecule has 3 aliphatic rings. The molecule has 0 nitrogen and oxygen atoms in total. The van der Waals surface area contributed by atoms with E-state index in [1.807, 2.05) is 0 Å². The number of halogens is 1. The van der Waals surface area contributed by atoms with Gasteiger partial charge < -0.3 is 0 Å². The second-order valence-corrected chi connectivity index (χ2v) is 9.15. The van der Waals surface area contributed by atoms with Gasteiger partial charge in [0.1, 0.15) is 0 Å². The second kappa shape index (κ2) is 7.78. The highest BCUT2D eigenvalue weighted by molar-refractivity contribution is 5.64. The van der Waals surface area contributed by atoms with Crippen LogP contribution < -0.4 is 0 Å². The van der Waals surface area contributed by atoms with Crippen molar-refractivity contribution >= 4 is 0 Å². The number of unbranched alkanes of at least 4 members (excludes halogenated alkanes) is 2. The normalized spacial score (nSPS) is 27.0. The van der Waals surface area contributed by atoms with Crippen LogP contribution in [0.25, 0.3) is 11.1 Å². The molecule has 2 bridgehead atoms. The summed E-state index contributed by atoms with van der Waals surface area (Å²) in [4.78, 5) is 0. The summed E-state index contributed by atoms with van der Waals surface area (Å²) in [6, 6.07) is 18.4. The van der Waals surface area contributed by atoms with E-state index in [1.54, 1.807) is 0 Å². The molecule has 0 N–H and O–H groups in total. The van der Waals surface area contributed by atoms with Gasteiger partial charge in [-0.2, -0.15) is 0 Å². The molecule has 0 aromatic heterocycles. The van der Waals surface area contributed by atoms with E-state index in [4.69, 9.17) is 0 Å². The predicted molar refractivity (Wildman–Crippen MR) is 113 cm³/mol. The van der Waals surface area contributed by atoms with E-state index in [1.165, 1.54) is 67.2 Å². The Bertz CT molecular complexity index is 716. The summed E-state index contributed by atoms with van der Waals surface area (Å²) in [6.07, 6.45) is 11.8. The third-order valence-corrected chi connectivity index (χ3v) is 7.54. The van der Waals surface area contributed by atoms with Crippen molar-refractivity contribution in [1.29, 1.82) is 0 Å². The molecule has 3 fully saturated rings. The topological polar surface area (TPSA) is 0 Å². The van der Waals surface area contributed by atoms with E-state index in [0.29, 0.717) is 5.41 Å². The first-order chi connectivity index (χ1) is 13.2. The van der Waals surface area contributed by atoms with Crippen LogP contribution in [0, 0.1) is 5.41 Å². The molecule has 27 heavy (non-hydrogen) atoms. The van der Waals surface area contributed by atoms with Crippen molar-refractivity contribution in [3.05, 3.63) is 59.7 Å². The van der Waals surface area contributed by atoms with Gasteiger partial charge in [-0.15, -0.1) is 0 Å². The molecular formula is C26H33F. The Morgan fingerprint density at radius 2 is 1.30 bits per heavy atom. The molecule has 2 aromatic carbocycles. The van der Waals surface area contributed by atoms with E-state index in [-0.39, 0.29) is 12.1 Å². The Morgan fingerprint density at radius 1 is 0.741 bits per heavy atom. The Labute approximate surface area is 164 Å². The molecule has 0 amide bonds. The number of aryl methyl sites for hydroxylation is 1. The van der Waals surface area contributed by atoms with Crippen molar-refractivity contribution in [3.63, 3.8) is 0 Å². The van der Waals surface area contributed by atoms with Gasteiger partial charge in [0, 0.05) is 0 Å². The first-order valence-corrected chi connectivity index (χ1v) is 10.9. The van der Waals surface area contributed by atoms with Crippen molar-refractivity contribution in [2.75, 3.05) is 6.67 Å². The maximum atomic E-state index is 13.4. The summed E-state index contributed by atoms with van der Waals surface area (Å²) < 4.78 is 13.4. The first-order valence-electron chi connectivity index (χ1n) is 10.9. The van der Waals surface area contributed by atoms with Crippen molar-refractivity contribution in [2.45, 2.75) is 76.5 Å². The molecule has 0 atom stereocenters. The molecule has 3 saturated carbocycles. The van der Waals surface area contributed by atoms with Gasteiger partial charge >= 0.3 is 0 Å². The van der Waals surface area contributed by atoms with Gasteiger partial charge in [-0.05, 0) is 84.5 Å². The van der Waals surface area contributed by atoms with Crippen LogP contribution in [0.3, 0.4) is 0 Å². The van der Waals surface area contributed by atoms with E-state index >= 15 is 0 Å². The molecule has 144 valence electrons. The molecule has 0 heterocycles. The molecule has 0 unspecified atom stereocenters. The highest BCUT2D eigenvalue weighted by Gasteiger charge is 2.49. The highest BCUT2D eigenvalue weighted by Crippen LogP contribution is 2.57. The fourth-order valence-electron chi connectivity index (χ4n) is 5.36. The number of alkyl halides is 1. The molecule has 1 heteroatoms. The van der Waals surface area contributed by atoms with Gasteiger partial charge in [0.05, 0.1) is 6.67 Å². The number of rotatable bonds is 7. The van der Waals surface area contributed by atoms with Crippen molar-refractivity contribution < 1.29 is 4.39 Å². The zero-order valence-corrected chi connectivity index (χ0v) is 16.8. The Balaban J connectivity index is 1.45. The lowest BCUT2D eigenvalue weighted by Gasteiger charge is -2.53. The number of hydrogen-bond acceptors (Lipinski definition) is 0. The van der Waals surface area contributed by atoms with Gasteiger partial charge in [-0.1, -0.05) is 68.3 Å². The van der Waals surface area contributed by atoms with Crippen molar-refractivity contribution in [2.24, 2.45) is 5.41 Å². The number of benzene rings is 2. The minimum absolute atomic E-state index is 0.0283. The average Bonchev–Trinajstić information content (AvgIpc) is 2.76. The van der Waals surface area contributed by atoms with Gasteiger partial charge in [-0.3, -0.25) is 4.39 Å². The second-order valence-electron chi connectivity index (χ2n) is 9.15. The third-order valence-electron chi connectivity index (χ3n) is 7.54. The van der Waals surface area contributed by atoms with E-state index < -0.39 is 0 Å². The predicted octanol–water partition coefficient (Wildman–Crippen LogP) is 7.65. The Kier molecular flexibility index (Phi) is 5.39. The summed E-state index contributed by atoms with van der Waals surface area (Å²) in [6.45, 7) is 2.14. The molecule has 0 radical (unpaired) electrons. The lowest BCUT2D eigenvalue weighted by molar-refractivity contribution is 0.0193. The molecular weight excluding hydrogens is 331 g/mol. The summed E-state index contributed by atoms with van der Waals surface area (Å²) in [5.41, 5.74) is 5.89. The number of fused-ring (bicyclic) bond motifs is 3. The monoisotopic (exact) mass is 364 g/mol. The largest absolute Gasteiger partial charge is 0.250 e. The van der Waals surface area contributed by atoms with Crippen molar-refractivity contribution in [1.82, 2.24) is 0 Å². The zero-order valence-electron chi connectivity index (χ0n) is 16.8. The van der Waals surface area contributed by atoms with Crippen LogP contribution in [0.15, 0.2) is 48.5 Å². The lowest BCUT2D eigenvalue weighted by atomic mass is 9.52. The quantitative estimate of drug-likeness (QED) is 0.443. The number of hydrogen-bond donors (Lipinski definition) is 0. The van der Waals surface area contributed by atoms with Crippen LogP contribution in [0.5, 0.6) is 0 Å². The fraction of sp³-hybridized carbons (Fsp3) is 0.538. The molecule has 3 aliphatic carbocycles. The summed E-state index contributed by atoms with van der Waals surface area (Å²) in [5.74, 6) is 0. The molecule has 5 rings (SSSR count). The average molecular weight is 365 g/mol. The zero-order chi connectivity index (χ0) is 18.7. The summed E-state index contributed by atoms with van der Waals surface area (Å²) in [7, 11) is 0. The lowest BCUT2D eigenvalue weighted by Crippen LogP contribution is -2.45. The van der Waals surface area contributed by atoms with Crippen LogP contribution in [0.4, 0.5) is 4.39 Å². The maximum Gasteiger partial charge on any atom is 0.0950 e. The van der Waals surface area contributed by atoms with E-state index in [2.05, 4.69) is 55.5 Å². The summed E-state index contributed by atoms with van der Waals surface area (Å²) in [5, 5.41) is 0. The van der Waals surface area contributed by atoms with Crippen LogP contribution in [0.1, 0.15) is 75.8 Å². The van der Waals surface area contributed by atoms with Crippen LogP contribution in [-0.4, -0.2) is 6.67 Å². The smallest absolute Gasteiger partial charge is 0.0950 e. The van der Waals surface area contributed by atoms with Crippen LogP contribution in [-0.2, 0) is 11.8 Å². The van der Waals surface area contributed by atoms with Crippen LogP contribution >= 0.6 is 0 Å². The Hall–Kier alpha value is -1.63. The minimum atomic E-state index is -0.115.